The van der Waals surface area contributed by atoms with Gasteiger partial charge in [-0.1, -0.05) is 36.4 Å². The number of aromatic nitrogens is 2. The van der Waals surface area contributed by atoms with E-state index in [1.807, 2.05) is 60.7 Å². The monoisotopic (exact) mass is 428 g/mol. The second-order valence-electron chi connectivity index (χ2n) is 7.42. The van der Waals surface area contributed by atoms with Crippen LogP contribution in [-0.4, -0.2) is 34.2 Å². The zero-order valence-electron chi connectivity index (χ0n) is 17.5. The Labute approximate surface area is 184 Å². The van der Waals surface area contributed by atoms with Gasteiger partial charge in [-0.05, 0) is 37.1 Å². The average Bonchev–Trinajstić information content (AvgIpc) is 3.40. The molecule has 0 aliphatic rings. The van der Waals surface area contributed by atoms with E-state index in [0.717, 1.165) is 33.2 Å². The van der Waals surface area contributed by atoms with Gasteiger partial charge in [0, 0.05) is 34.6 Å². The molecule has 2 amide bonds. The summed E-state index contributed by atoms with van der Waals surface area (Å²) in [6.07, 6.45) is 4.94. The second kappa shape index (κ2) is 10.2. The van der Waals surface area contributed by atoms with E-state index in [9.17, 15) is 9.59 Å². The summed E-state index contributed by atoms with van der Waals surface area (Å²) in [6.45, 7) is 0. The molecule has 4 aromatic rings. The number of hydrogen-bond donors (Lipinski definition) is 4. The SMILES string of the molecule is O=C(CCCCC(=O)NN=Cc1cc2ccccc2[nH]1)NN=Cc1cc2ccccc2[nH]1. The smallest absolute Gasteiger partial charge is 0.240 e. The number of para-hydroxylation sites is 2. The van der Waals surface area contributed by atoms with Crippen molar-refractivity contribution in [1.29, 1.82) is 0 Å². The van der Waals surface area contributed by atoms with Gasteiger partial charge in [-0.3, -0.25) is 9.59 Å². The van der Waals surface area contributed by atoms with Crippen LogP contribution in [0, 0.1) is 0 Å². The van der Waals surface area contributed by atoms with E-state index in [4.69, 9.17) is 0 Å². The van der Waals surface area contributed by atoms with E-state index in [2.05, 4.69) is 31.0 Å². The summed E-state index contributed by atoms with van der Waals surface area (Å²) < 4.78 is 0. The zero-order valence-corrected chi connectivity index (χ0v) is 17.5. The number of carbonyl (C=O) groups is 2. The molecular formula is C24H24N6O2. The fraction of sp³-hybridized carbons (Fsp3) is 0.167. The van der Waals surface area contributed by atoms with E-state index in [1.165, 1.54) is 0 Å². The highest BCUT2D eigenvalue weighted by Crippen LogP contribution is 2.14. The normalized spacial score (nSPS) is 11.6. The second-order valence-corrected chi connectivity index (χ2v) is 7.42. The highest BCUT2D eigenvalue weighted by molar-refractivity contribution is 5.91. The summed E-state index contributed by atoms with van der Waals surface area (Å²) in [5.74, 6) is -0.371. The lowest BCUT2D eigenvalue weighted by atomic mass is 10.2. The first-order chi connectivity index (χ1) is 15.7. The molecule has 4 rings (SSSR count). The van der Waals surface area contributed by atoms with Crippen LogP contribution in [0.1, 0.15) is 37.1 Å². The van der Waals surface area contributed by atoms with Gasteiger partial charge >= 0.3 is 0 Å². The molecule has 0 aliphatic carbocycles. The van der Waals surface area contributed by atoms with Gasteiger partial charge in [-0.2, -0.15) is 10.2 Å². The van der Waals surface area contributed by atoms with Gasteiger partial charge in [-0.25, -0.2) is 10.9 Å². The van der Waals surface area contributed by atoms with Crippen LogP contribution < -0.4 is 10.9 Å². The third-order valence-corrected chi connectivity index (χ3v) is 4.95. The zero-order chi connectivity index (χ0) is 22.2. The van der Waals surface area contributed by atoms with Crippen LogP contribution in [0.25, 0.3) is 21.8 Å². The minimum Gasteiger partial charge on any atom is -0.354 e. The maximum Gasteiger partial charge on any atom is 0.240 e. The molecule has 0 atom stereocenters. The Morgan fingerprint density at radius 1 is 0.719 bits per heavy atom. The van der Waals surface area contributed by atoms with Gasteiger partial charge in [0.25, 0.3) is 0 Å². The molecule has 32 heavy (non-hydrogen) atoms. The van der Waals surface area contributed by atoms with Crippen molar-refractivity contribution in [3.8, 4) is 0 Å². The van der Waals surface area contributed by atoms with Crippen LogP contribution in [0.3, 0.4) is 0 Å². The first-order valence-corrected chi connectivity index (χ1v) is 10.5. The molecule has 0 bridgehead atoms. The largest absolute Gasteiger partial charge is 0.354 e. The van der Waals surface area contributed by atoms with E-state index >= 15 is 0 Å². The number of nitrogens with one attached hydrogen (secondary N) is 4. The molecule has 8 nitrogen and oxygen atoms in total. The number of unbranched alkanes of at least 4 members (excludes halogenated alkanes) is 1. The molecule has 2 heterocycles. The molecule has 2 aromatic heterocycles. The Morgan fingerprint density at radius 2 is 1.16 bits per heavy atom. The molecule has 4 N–H and O–H groups in total. The summed E-state index contributed by atoms with van der Waals surface area (Å²) in [4.78, 5) is 30.2. The van der Waals surface area contributed by atoms with Crippen LogP contribution in [0.2, 0.25) is 0 Å². The molecule has 162 valence electrons. The molecule has 0 spiro atoms. The van der Waals surface area contributed by atoms with Gasteiger partial charge in [0.15, 0.2) is 0 Å². The first-order valence-electron chi connectivity index (χ1n) is 10.5. The number of hydrazone groups is 2. The Morgan fingerprint density at radius 3 is 1.59 bits per heavy atom. The third kappa shape index (κ3) is 5.69. The van der Waals surface area contributed by atoms with Crippen molar-refractivity contribution >= 4 is 46.0 Å². The van der Waals surface area contributed by atoms with E-state index < -0.39 is 0 Å². The number of nitrogens with zero attached hydrogens (tertiary/aromatic N) is 2. The van der Waals surface area contributed by atoms with Crippen molar-refractivity contribution in [3.05, 3.63) is 72.1 Å². The Kier molecular flexibility index (Phi) is 6.72. The van der Waals surface area contributed by atoms with Crippen LogP contribution in [0.15, 0.2) is 70.9 Å². The quantitative estimate of drug-likeness (QED) is 0.184. The van der Waals surface area contributed by atoms with E-state index in [1.54, 1.807) is 12.4 Å². The van der Waals surface area contributed by atoms with Crippen molar-refractivity contribution in [2.45, 2.75) is 25.7 Å². The maximum absolute atomic E-state index is 11.9. The molecule has 0 saturated carbocycles. The molecule has 2 aromatic carbocycles. The minimum atomic E-state index is -0.186. The molecule has 0 unspecified atom stereocenters. The Balaban J connectivity index is 1.11. The predicted octanol–water partition coefficient (Wildman–Crippen LogP) is 3.81. The van der Waals surface area contributed by atoms with Gasteiger partial charge in [0.1, 0.15) is 0 Å². The number of aromatic amines is 2. The highest BCUT2D eigenvalue weighted by Gasteiger charge is 2.04. The predicted molar refractivity (Wildman–Crippen MR) is 127 cm³/mol. The number of rotatable bonds is 9. The average molecular weight is 428 g/mol. The van der Waals surface area contributed by atoms with E-state index in [-0.39, 0.29) is 11.8 Å². The maximum atomic E-state index is 11.9. The Bertz CT molecular complexity index is 1120. The molecule has 0 radical (unpaired) electrons. The summed E-state index contributed by atoms with van der Waals surface area (Å²) in [6, 6.07) is 19.7. The van der Waals surface area contributed by atoms with Crippen molar-refractivity contribution in [2.24, 2.45) is 10.2 Å². The highest BCUT2D eigenvalue weighted by atomic mass is 16.2. The summed E-state index contributed by atoms with van der Waals surface area (Å²) in [5.41, 5.74) is 8.69. The van der Waals surface area contributed by atoms with Crippen LogP contribution in [0.5, 0.6) is 0 Å². The number of fused-ring (bicyclic) bond motifs is 2. The standard InChI is InChI=1S/C24H24N6O2/c31-23(29-25-15-19-13-17-7-1-3-9-21(17)27-19)11-5-6-12-24(32)30-26-16-20-14-18-8-2-4-10-22(18)28-20/h1-4,7-10,13-16,27-28H,5-6,11-12H2,(H,29,31)(H,30,32). The lowest BCUT2D eigenvalue weighted by Gasteiger charge is -2.00. The van der Waals surface area contributed by atoms with E-state index in [0.29, 0.717) is 25.7 Å². The molecule has 0 fully saturated rings. The number of benzene rings is 2. The van der Waals surface area contributed by atoms with Gasteiger partial charge in [-0.15, -0.1) is 0 Å². The minimum absolute atomic E-state index is 0.186. The lowest BCUT2D eigenvalue weighted by molar-refractivity contribution is -0.123. The number of carbonyl (C=O) groups excluding carboxylic acids is 2. The van der Waals surface area contributed by atoms with Crippen LogP contribution >= 0.6 is 0 Å². The molecular weight excluding hydrogens is 404 g/mol. The molecule has 0 aliphatic heterocycles. The van der Waals surface area contributed by atoms with Crippen molar-refractivity contribution in [1.82, 2.24) is 20.8 Å². The summed E-state index contributed by atoms with van der Waals surface area (Å²) in [7, 11) is 0. The van der Waals surface area contributed by atoms with Gasteiger partial charge in [0.2, 0.25) is 11.8 Å². The number of H-pyrrole nitrogens is 2. The fourth-order valence-electron chi connectivity index (χ4n) is 3.36. The first kappa shape index (κ1) is 21.0. The lowest BCUT2D eigenvalue weighted by Crippen LogP contribution is -2.19. The topological polar surface area (TPSA) is 114 Å². The van der Waals surface area contributed by atoms with Gasteiger partial charge in [0.05, 0.1) is 23.8 Å². The summed E-state index contributed by atoms with van der Waals surface area (Å²) in [5, 5.41) is 10.1. The fourth-order valence-corrected chi connectivity index (χ4v) is 3.36. The van der Waals surface area contributed by atoms with Crippen LogP contribution in [-0.2, 0) is 9.59 Å². The van der Waals surface area contributed by atoms with Crippen molar-refractivity contribution in [3.63, 3.8) is 0 Å². The molecule has 8 heteroatoms. The van der Waals surface area contributed by atoms with Crippen molar-refractivity contribution in [2.75, 3.05) is 0 Å². The van der Waals surface area contributed by atoms with Crippen LogP contribution in [0.4, 0.5) is 0 Å². The third-order valence-electron chi connectivity index (χ3n) is 4.95. The Hall–Kier alpha value is -4.20. The summed E-state index contributed by atoms with van der Waals surface area (Å²) >= 11 is 0. The number of hydrogen-bond acceptors (Lipinski definition) is 4. The molecule has 0 saturated heterocycles. The van der Waals surface area contributed by atoms with Crippen molar-refractivity contribution < 1.29 is 9.59 Å². The number of amides is 2. The van der Waals surface area contributed by atoms with Gasteiger partial charge < -0.3 is 9.97 Å².